The van der Waals surface area contributed by atoms with Gasteiger partial charge in [0.25, 0.3) is 5.91 Å². The molecule has 122 valence electrons. The molecule has 0 aliphatic carbocycles. The van der Waals surface area contributed by atoms with Gasteiger partial charge >= 0.3 is 0 Å². The zero-order valence-electron chi connectivity index (χ0n) is 13.8. The molecule has 2 aromatic rings. The molecule has 1 aliphatic rings. The summed E-state index contributed by atoms with van der Waals surface area (Å²) in [5.74, 6) is 0.751. The first kappa shape index (κ1) is 16.0. The molecule has 0 unspecified atom stereocenters. The monoisotopic (exact) mass is 320 g/mol. The van der Waals surface area contributed by atoms with Crippen molar-refractivity contribution in [2.24, 2.45) is 0 Å². The van der Waals surface area contributed by atoms with E-state index in [-0.39, 0.29) is 5.91 Å². The zero-order valence-corrected chi connectivity index (χ0v) is 13.8. The number of carbonyl (C=O) groups excluding carboxylic acids is 1. The number of aromatic nitrogens is 1. The molecule has 1 fully saturated rings. The molecule has 1 aliphatic heterocycles. The van der Waals surface area contributed by atoms with Crippen LogP contribution in [0, 0.1) is 11.3 Å². The number of amides is 1. The van der Waals surface area contributed by atoms with Crippen LogP contribution in [0.1, 0.15) is 34.3 Å². The summed E-state index contributed by atoms with van der Waals surface area (Å²) >= 11 is 0. The third-order valence-corrected chi connectivity index (χ3v) is 4.27. The molecule has 0 saturated carbocycles. The minimum Gasteiger partial charge on any atom is -0.356 e. The molecule has 5 nitrogen and oxygen atoms in total. The van der Waals surface area contributed by atoms with E-state index in [0.29, 0.717) is 17.7 Å². The van der Waals surface area contributed by atoms with Crippen molar-refractivity contribution in [2.45, 2.75) is 19.4 Å². The van der Waals surface area contributed by atoms with Crippen molar-refractivity contribution >= 4 is 11.7 Å². The Morgan fingerprint density at radius 3 is 2.62 bits per heavy atom. The predicted molar refractivity (Wildman–Crippen MR) is 92.6 cm³/mol. The van der Waals surface area contributed by atoms with Crippen molar-refractivity contribution in [1.29, 1.82) is 5.26 Å². The lowest BCUT2D eigenvalue weighted by molar-refractivity contribution is 0.0785. The summed E-state index contributed by atoms with van der Waals surface area (Å²) in [5.41, 5.74) is 2.27. The second-order valence-corrected chi connectivity index (χ2v) is 6.04. The van der Waals surface area contributed by atoms with Crippen LogP contribution in [0.3, 0.4) is 0 Å². The number of anilines is 1. The van der Waals surface area contributed by atoms with Crippen molar-refractivity contribution in [2.75, 3.05) is 25.0 Å². The third-order valence-electron chi connectivity index (χ3n) is 4.27. The molecule has 1 amide bonds. The lowest BCUT2D eigenvalue weighted by Crippen LogP contribution is -2.29. The van der Waals surface area contributed by atoms with Gasteiger partial charge in [0.1, 0.15) is 5.82 Å². The molecule has 1 saturated heterocycles. The fraction of sp³-hybridized carbons (Fsp3) is 0.316. The molecule has 0 bridgehead atoms. The van der Waals surface area contributed by atoms with Crippen LogP contribution in [0.5, 0.6) is 0 Å². The van der Waals surface area contributed by atoms with Crippen molar-refractivity contribution in [1.82, 2.24) is 9.88 Å². The minimum absolute atomic E-state index is 0.0330. The summed E-state index contributed by atoms with van der Waals surface area (Å²) in [4.78, 5) is 21.2. The number of pyridine rings is 1. The molecule has 0 spiro atoms. The van der Waals surface area contributed by atoms with E-state index in [9.17, 15) is 4.79 Å². The van der Waals surface area contributed by atoms with Crippen LogP contribution in [-0.4, -0.2) is 35.9 Å². The first-order chi connectivity index (χ1) is 11.7. The van der Waals surface area contributed by atoms with E-state index in [1.807, 2.05) is 24.3 Å². The van der Waals surface area contributed by atoms with E-state index in [1.54, 1.807) is 30.3 Å². The lowest BCUT2D eigenvalue weighted by atomic mass is 10.1. The fourth-order valence-corrected chi connectivity index (χ4v) is 2.98. The Morgan fingerprint density at radius 1 is 1.25 bits per heavy atom. The van der Waals surface area contributed by atoms with Crippen molar-refractivity contribution in [3.63, 3.8) is 0 Å². The number of carbonyl (C=O) groups is 1. The average Bonchev–Trinajstić information content (AvgIpc) is 3.16. The lowest BCUT2D eigenvalue weighted by Gasteiger charge is -2.23. The van der Waals surface area contributed by atoms with Crippen molar-refractivity contribution in [3.05, 3.63) is 59.3 Å². The Labute approximate surface area is 142 Å². The normalized spacial score (nSPS) is 13.6. The van der Waals surface area contributed by atoms with E-state index < -0.39 is 0 Å². The fourth-order valence-electron chi connectivity index (χ4n) is 2.98. The third kappa shape index (κ3) is 3.38. The maximum atomic E-state index is 12.9. The Bertz CT molecular complexity index is 758. The molecule has 24 heavy (non-hydrogen) atoms. The smallest absolute Gasteiger partial charge is 0.257 e. The number of hydrogen-bond acceptors (Lipinski definition) is 4. The topological polar surface area (TPSA) is 60.2 Å². The van der Waals surface area contributed by atoms with Crippen LogP contribution in [0.4, 0.5) is 5.82 Å². The summed E-state index contributed by atoms with van der Waals surface area (Å²) in [5, 5.41) is 8.86. The van der Waals surface area contributed by atoms with Gasteiger partial charge in [0.2, 0.25) is 0 Å². The van der Waals surface area contributed by atoms with Crippen LogP contribution in [0.15, 0.2) is 42.6 Å². The Hall–Kier alpha value is -2.87. The van der Waals surface area contributed by atoms with Gasteiger partial charge in [-0.2, -0.15) is 5.26 Å². The van der Waals surface area contributed by atoms with Gasteiger partial charge in [0.05, 0.1) is 17.2 Å². The standard InChI is InChI=1S/C19H20N4O/c1-22(14-16-8-6-15(13-20)7-9-16)19(24)17-5-4-10-21-18(17)23-11-2-3-12-23/h4-10H,2-3,11-12,14H2,1H3. The zero-order chi connectivity index (χ0) is 16.9. The molecule has 0 radical (unpaired) electrons. The van der Waals surface area contributed by atoms with Gasteiger partial charge in [-0.15, -0.1) is 0 Å². The average molecular weight is 320 g/mol. The highest BCUT2D eigenvalue weighted by atomic mass is 16.2. The number of benzene rings is 1. The van der Waals surface area contributed by atoms with Crippen LogP contribution in [0.25, 0.3) is 0 Å². The summed E-state index contributed by atoms with van der Waals surface area (Å²) in [6, 6.07) is 13.1. The van der Waals surface area contributed by atoms with Gasteiger partial charge in [-0.25, -0.2) is 4.98 Å². The molecular formula is C19H20N4O. The van der Waals surface area contributed by atoms with Gasteiger partial charge in [-0.05, 0) is 42.7 Å². The SMILES string of the molecule is CN(Cc1ccc(C#N)cc1)C(=O)c1cccnc1N1CCCC1. The summed E-state index contributed by atoms with van der Waals surface area (Å²) in [6.45, 7) is 2.41. The molecule has 3 rings (SSSR count). The van der Waals surface area contributed by atoms with E-state index in [0.717, 1.165) is 37.3 Å². The highest BCUT2D eigenvalue weighted by Gasteiger charge is 2.22. The van der Waals surface area contributed by atoms with E-state index >= 15 is 0 Å². The number of hydrogen-bond donors (Lipinski definition) is 0. The maximum absolute atomic E-state index is 12.9. The van der Waals surface area contributed by atoms with Gasteiger partial charge in [0, 0.05) is 32.9 Å². The summed E-state index contributed by atoms with van der Waals surface area (Å²) in [7, 11) is 1.79. The molecule has 2 heterocycles. The predicted octanol–water partition coefficient (Wildman–Crippen LogP) is 2.83. The largest absolute Gasteiger partial charge is 0.356 e. The van der Waals surface area contributed by atoms with Crippen LogP contribution in [-0.2, 0) is 6.54 Å². The Morgan fingerprint density at radius 2 is 1.96 bits per heavy atom. The molecular weight excluding hydrogens is 300 g/mol. The number of nitriles is 1. The highest BCUT2D eigenvalue weighted by Crippen LogP contribution is 2.23. The van der Waals surface area contributed by atoms with E-state index in [2.05, 4.69) is 16.0 Å². The van der Waals surface area contributed by atoms with E-state index in [4.69, 9.17) is 5.26 Å². The summed E-state index contributed by atoms with van der Waals surface area (Å²) in [6.07, 6.45) is 4.03. The van der Waals surface area contributed by atoms with E-state index in [1.165, 1.54) is 0 Å². The highest BCUT2D eigenvalue weighted by molar-refractivity contribution is 5.98. The summed E-state index contributed by atoms with van der Waals surface area (Å²) < 4.78 is 0. The second kappa shape index (κ2) is 7.14. The van der Waals surface area contributed by atoms with Crippen LogP contribution < -0.4 is 4.90 Å². The maximum Gasteiger partial charge on any atom is 0.257 e. The molecule has 0 atom stereocenters. The van der Waals surface area contributed by atoms with Gasteiger partial charge in [0.15, 0.2) is 0 Å². The molecule has 5 heteroatoms. The first-order valence-corrected chi connectivity index (χ1v) is 8.13. The molecule has 1 aromatic heterocycles. The van der Waals surface area contributed by atoms with Gasteiger partial charge in [-0.1, -0.05) is 12.1 Å². The number of nitrogens with zero attached hydrogens (tertiary/aromatic N) is 4. The molecule has 1 aromatic carbocycles. The van der Waals surface area contributed by atoms with Crippen molar-refractivity contribution < 1.29 is 4.79 Å². The molecule has 0 N–H and O–H groups in total. The van der Waals surface area contributed by atoms with Crippen LogP contribution >= 0.6 is 0 Å². The Balaban J connectivity index is 1.77. The second-order valence-electron chi connectivity index (χ2n) is 6.04. The van der Waals surface area contributed by atoms with Crippen molar-refractivity contribution in [3.8, 4) is 6.07 Å². The number of rotatable bonds is 4. The quantitative estimate of drug-likeness (QED) is 0.869. The Kier molecular flexibility index (Phi) is 4.76. The minimum atomic E-state index is -0.0330. The van der Waals surface area contributed by atoms with Gasteiger partial charge < -0.3 is 9.80 Å². The first-order valence-electron chi connectivity index (χ1n) is 8.13. The van der Waals surface area contributed by atoms with Crippen LogP contribution in [0.2, 0.25) is 0 Å². The van der Waals surface area contributed by atoms with Gasteiger partial charge in [-0.3, -0.25) is 4.79 Å².